The molecule has 2 rings (SSSR count). The number of fused-ring (bicyclic) bond motifs is 1. The van der Waals surface area contributed by atoms with E-state index >= 15 is 0 Å². The highest BCUT2D eigenvalue weighted by molar-refractivity contribution is 6.36. The molecule has 17 heavy (non-hydrogen) atoms. The third-order valence-electron chi connectivity index (χ3n) is 2.81. The summed E-state index contributed by atoms with van der Waals surface area (Å²) in [4.78, 5) is 4.36. The Labute approximate surface area is 104 Å². The first-order valence-corrected chi connectivity index (χ1v) is 5.71. The van der Waals surface area contributed by atoms with Crippen LogP contribution in [0.25, 0.3) is 10.9 Å². The van der Waals surface area contributed by atoms with Crippen LogP contribution in [-0.4, -0.2) is 4.98 Å². The van der Waals surface area contributed by atoms with Crippen LogP contribution in [0.3, 0.4) is 0 Å². The molecule has 0 radical (unpaired) electrons. The number of hydrogen-bond acceptors (Lipinski definition) is 3. The SMILES string of the molecule is CCc1c(C)nc2cc(F)cc(Cl)c2c1NN. The molecule has 0 unspecified atom stereocenters. The van der Waals surface area contributed by atoms with Gasteiger partial charge in [0.2, 0.25) is 0 Å². The second-order valence-electron chi connectivity index (χ2n) is 3.83. The summed E-state index contributed by atoms with van der Waals surface area (Å²) >= 11 is 6.05. The fourth-order valence-corrected chi connectivity index (χ4v) is 2.36. The molecule has 0 saturated heterocycles. The molecular weight excluding hydrogens is 241 g/mol. The van der Waals surface area contributed by atoms with Crippen LogP contribution in [0.5, 0.6) is 0 Å². The van der Waals surface area contributed by atoms with Crippen LogP contribution in [0.15, 0.2) is 12.1 Å². The second-order valence-corrected chi connectivity index (χ2v) is 4.24. The third kappa shape index (κ3) is 1.94. The van der Waals surface area contributed by atoms with E-state index in [9.17, 15) is 4.39 Å². The van der Waals surface area contributed by atoms with Crippen LogP contribution in [0.1, 0.15) is 18.2 Å². The van der Waals surface area contributed by atoms with E-state index in [0.717, 1.165) is 23.4 Å². The highest BCUT2D eigenvalue weighted by atomic mass is 35.5. The van der Waals surface area contributed by atoms with Crippen LogP contribution < -0.4 is 11.3 Å². The molecule has 1 aromatic carbocycles. The third-order valence-corrected chi connectivity index (χ3v) is 3.11. The van der Waals surface area contributed by atoms with E-state index in [4.69, 9.17) is 17.4 Å². The highest BCUT2D eigenvalue weighted by Crippen LogP contribution is 2.34. The average Bonchev–Trinajstić information content (AvgIpc) is 2.26. The van der Waals surface area contributed by atoms with Gasteiger partial charge in [0.1, 0.15) is 5.82 Å². The lowest BCUT2D eigenvalue weighted by Crippen LogP contribution is -2.11. The lowest BCUT2D eigenvalue weighted by Gasteiger charge is -2.14. The lowest BCUT2D eigenvalue weighted by atomic mass is 10.0. The van der Waals surface area contributed by atoms with Gasteiger partial charge < -0.3 is 5.43 Å². The first-order valence-electron chi connectivity index (χ1n) is 5.33. The Hall–Kier alpha value is -1.39. The zero-order valence-corrected chi connectivity index (χ0v) is 10.4. The maximum absolute atomic E-state index is 13.3. The Balaban J connectivity index is 2.94. The largest absolute Gasteiger partial charge is 0.323 e. The molecule has 0 saturated carbocycles. The predicted molar refractivity (Wildman–Crippen MR) is 68.6 cm³/mol. The van der Waals surface area contributed by atoms with Gasteiger partial charge in [-0.2, -0.15) is 0 Å². The number of nitrogens with two attached hydrogens (primary N) is 1. The van der Waals surface area contributed by atoms with Crippen molar-refractivity contribution in [2.45, 2.75) is 20.3 Å². The molecule has 1 aromatic heterocycles. The van der Waals surface area contributed by atoms with E-state index in [1.54, 1.807) is 0 Å². The van der Waals surface area contributed by atoms with Gasteiger partial charge in [-0.1, -0.05) is 18.5 Å². The Morgan fingerprint density at radius 3 is 2.76 bits per heavy atom. The van der Waals surface area contributed by atoms with E-state index in [1.165, 1.54) is 12.1 Å². The highest BCUT2D eigenvalue weighted by Gasteiger charge is 2.14. The second kappa shape index (κ2) is 4.47. The standard InChI is InChI=1S/C12H13ClFN3/c1-3-8-6(2)16-10-5-7(14)4-9(13)11(10)12(8)17-15/h4-5H,3,15H2,1-2H3,(H,16,17). The van der Waals surface area contributed by atoms with Gasteiger partial charge in [0, 0.05) is 17.1 Å². The number of halogens is 2. The summed E-state index contributed by atoms with van der Waals surface area (Å²) < 4.78 is 13.3. The zero-order chi connectivity index (χ0) is 12.6. The molecule has 1 heterocycles. The Kier molecular flexibility index (Phi) is 3.17. The quantitative estimate of drug-likeness (QED) is 0.638. The molecule has 90 valence electrons. The van der Waals surface area contributed by atoms with Crippen molar-refractivity contribution in [3.8, 4) is 0 Å². The number of nitrogens with one attached hydrogen (secondary N) is 1. The molecule has 0 amide bonds. The van der Waals surface area contributed by atoms with Crippen LogP contribution in [0, 0.1) is 12.7 Å². The fraction of sp³-hybridized carbons (Fsp3) is 0.250. The van der Waals surface area contributed by atoms with Gasteiger partial charge in [0.15, 0.2) is 0 Å². The van der Waals surface area contributed by atoms with Gasteiger partial charge in [0.25, 0.3) is 0 Å². The summed E-state index contributed by atoms with van der Waals surface area (Å²) in [5, 5.41) is 0.980. The molecule has 0 aliphatic rings. The van der Waals surface area contributed by atoms with Gasteiger partial charge in [-0.15, -0.1) is 0 Å². The first-order chi connectivity index (χ1) is 8.08. The summed E-state index contributed by atoms with van der Waals surface area (Å²) in [6.07, 6.45) is 0.780. The maximum Gasteiger partial charge on any atom is 0.126 e. The number of aryl methyl sites for hydroxylation is 1. The number of hydrogen-bond donors (Lipinski definition) is 2. The fourth-order valence-electron chi connectivity index (χ4n) is 2.07. The van der Waals surface area contributed by atoms with E-state index < -0.39 is 5.82 Å². The van der Waals surface area contributed by atoms with Gasteiger partial charge >= 0.3 is 0 Å². The molecule has 3 N–H and O–H groups in total. The zero-order valence-electron chi connectivity index (χ0n) is 9.64. The summed E-state index contributed by atoms with van der Waals surface area (Å²) in [5.74, 6) is 5.14. The number of anilines is 1. The Bertz CT molecular complexity index is 584. The average molecular weight is 254 g/mol. The van der Waals surface area contributed by atoms with Crippen LogP contribution >= 0.6 is 11.6 Å². The van der Waals surface area contributed by atoms with E-state index in [2.05, 4.69) is 10.4 Å². The van der Waals surface area contributed by atoms with E-state index in [-0.39, 0.29) is 0 Å². The Morgan fingerprint density at radius 2 is 2.18 bits per heavy atom. The number of benzene rings is 1. The number of pyridine rings is 1. The van der Waals surface area contributed by atoms with Gasteiger partial charge in [-0.3, -0.25) is 10.8 Å². The molecule has 0 spiro atoms. The minimum atomic E-state index is -0.401. The van der Waals surface area contributed by atoms with Crippen molar-refractivity contribution in [3.05, 3.63) is 34.2 Å². The summed E-state index contributed by atoms with van der Waals surface area (Å²) in [6.45, 7) is 3.88. The predicted octanol–water partition coefficient (Wildman–Crippen LogP) is 3.18. The minimum absolute atomic E-state index is 0.315. The van der Waals surface area contributed by atoms with Gasteiger partial charge in [0.05, 0.1) is 16.2 Å². The van der Waals surface area contributed by atoms with Crippen molar-refractivity contribution < 1.29 is 4.39 Å². The van der Waals surface area contributed by atoms with Crippen LogP contribution in [-0.2, 0) is 6.42 Å². The first kappa shape index (κ1) is 12.1. The summed E-state index contributed by atoms with van der Waals surface area (Å²) in [7, 11) is 0. The molecule has 0 aliphatic heterocycles. The normalized spacial score (nSPS) is 10.9. The van der Waals surface area contributed by atoms with E-state index in [1.807, 2.05) is 13.8 Å². The molecule has 3 nitrogen and oxygen atoms in total. The van der Waals surface area contributed by atoms with Crippen molar-refractivity contribution in [2.24, 2.45) is 5.84 Å². The van der Waals surface area contributed by atoms with Gasteiger partial charge in [-0.25, -0.2) is 4.39 Å². The van der Waals surface area contributed by atoms with Crippen molar-refractivity contribution in [1.29, 1.82) is 0 Å². The smallest absolute Gasteiger partial charge is 0.126 e. The van der Waals surface area contributed by atoms with Crippen LogP contribution in [0.4, 0.5) is 10.1 Å². The monoisotopic (exact) mass is 253 g/mol. The number of nitrogens with zero attached hydrogens (tertiary/aromatic N) is 1. The number of aromatic nitrogens is 1. The molecular formula is C12H13ClFN3. The van der Waals surface area contributed by atoms with Gasteiger partial charge in [-0.05, 0) is 25.0 Å². The number of hydrazine groups is 1. The van der Waals surface area contributed by atoms with Crippen molar-refractivity contribution in [2.75, 3.05) is 5.43 Å². The van der Waals surface area contributed by atoms with Crippen molar-refractivity contribution in [1.82, 2.24) is 4.98 Å². The number of rotatable bonds is 2. The molecule has 2 aromatic rings. The van der Waals surface area contributed by atoms with Crippen molar-refractivity contribution >= 4 is 28.2 Å². The molecule has 0 aliphatic carbocycles. The number of nitrogen functional groups attached to an aromatic ring is 1. The summed E-state index contributed by atoms with van der Waals surface area (Å²) in [6, 6.07) is 2.62. The summed E-state index contributed by atoms with van der Waals surface area (Å²) in [5.41, 5.74) is 5.70. The molecule has 0 fully saturated rings. The Morgan fingerprint density at radius 1 is 1.47 bits per heavy atom. The van der Waals surface area contributed by atoms with Crippen molar-refractivity contribution in [3.63, 3.8) is 0 Å². The molecule has 0 atom stereocenters. The van der Waals surface area contributed by atoms with E-state index in [0.29, 0.717) is 15.9 Å². The molecule has 0 bridgehead atoms. The minimum Gasteiger partial charge on any atom is -0.323 e. The maximum atomic E-state index is 13.3. The van der Waals surface area contributed by atoms with Crippen LogP contribution in [0.2, 0.25) is 5.02 Å². The topological polar surface area (TPSA) is 50.9 Å². The lowest BCUT2D eigenvalue weighted by molar-refractivity contribution is 0.629. The molecule has 5 heteroatoms.